The maximum atomic E-state index is 12.9. The van der Waals surface area contributed by atoms with E-state index >= 15 is 0 Å². The molecule has 0 aliphatic heterocycles. The van der Waals surface area contributed by atoms with Gasteiger partial charge in [0.2, 0.25) is 5.82 Å². The fourth-order valence-corrected chi connectivity index (χ4v) is 2.18. The lowest BCUT2D eigenvalue weighted by Gasteiger charge is -2.05. The number of rotatable bonds is 3. The zero-order valence-electron chi connectivity index (χ0n) is 11.4. The maximum absolute atomic E-state index is 12.9. The van der Waals surface area contributed by atoms with Crippen LogP contribution in [0.1, 0.15) is 24.6 Å². The molecular weight excluding hydrogens is 339 g/mol. The lowest BCUT2D eigenvalue weighted by Crippen LogP contribution is -2.07. The number of halogens is 2. The van der Waals surface area contributed by atoms with Crippen molar-refractivity contribution in [2.75, 3.05) is 0 Å². The maximum Gasteiger partial charge on any atom is 0.251 e. The Kier molecular flexibility index (Phi) is 3.59. The first-order valence-corrected chi connectivity index (χ1v) is 7.14. The van der Waals surface area contributed by atoms with Crippen LogP contribution in [0, 0.1) is 12.7 Å². The number of hydrogen-bond acceptors (Lipinski definition) is 4. The van der Waals surface area contributed by atoms with E-state index in [9.17, 15) is 4.39 Å². The van der Waals surface area contributed by atoms with Gasteiger partial charge in [-0.25, -0.2) is 4.39 Å². The average molecular weight is 351 g/mol. The van der Waals surface area contributed by atoms with Crippen LogP contribution in [0.15, 0.2) is 39.5 Å². The lowest BCUT2D eigenvalue weighted by molar-refractivity contribution is 0.336. The van der Waals surface area contributed by atoms with Crippen LogP contribution >= 0.6 is 15.9 Å². The summed E-state index contributed by atoms with van der Waals surface area (Å²) in [6.45, 7) is 3.83. The van der Waals surface area contributed by atoms with E-state index < -0.39 is 0 Å². The zero-order chi connectivity index (χ0) is 15.0. The van der Waals surface area contributed by atoms with E-state index in [0.29, 0.717) is 17.3 Å². The van der Waals surface area contributed by atoms with Gasteiger partial charge in [-0.05, 0) is 54.0 Å². The summed E-state index contributed by atoms with van der Waals surface area (Å²) in [4.78, 5) is 4.35. The van der Waals surface area contributed by atoms with Crippen molar-refractivity contribution in [2.45, 2.75) is 19.9 Å². The van der Waals surface area contributed by atoms with Crippen molar-refractivity contribution in [3.8, 4) is 11.4 Å². The van der Waals surface area contributed by atoms with Crippen LogP contribution in [0.2, 0.25) is 0 Å². The molecule has 0 amide bonds. The molecular formula is C14H12BrFN4O. The molecule has 0 radical (unpaired) electrons. The molecule has 0 N–H and O–H groups in total. The molecule has 2 aromatic heterocycles. The summed E-state index contributed by atoms with van der Waals surface area (Å²) in [5, 5.41) is 8.30. The molecule has 21 heavy (non-hydrogen) atoms. The van der Waals surface area contributed by atoms with Gasteiger partial charge in [-0.15, -0.1) is 0 Å². The molecule has 0 aliphatic rings. The molecule has 0 aliphatic carbocycles. The Morgan fingerprint density at radius 1 is 1.29 bits per heavy atom. The Morgan fingerprint density at radius 3 is 2.62 bits per heavy atom. The molecule has 0 fully saturated rings. The highest BCUT2D eigenvalue weighted by Gasteiger charge is 2.18. The van der Waals surface area contributed by atoms with Crippen molar-refractivity contribution in [3.63, 3.8) is 0 Å². The van der Waals surface area contributed by atoms with Crippen molar-refractivity contribution in [2.24, 2.45) is 0 Å². The van der Waals surface area contributed by atoms with Crippen LogP contribution in [0.25, 0.3) is 11.4 Å². The highest BCUT2D eigenvalue weighted by molar-refractivity contribution is 9.10. The monoisotopic (exact) mass is 350 g/mol. The molecule has 1 atom stereocenters. The highest BCUT2D eigenvalue weighted by atomic mass is 79.9. The Morgan fingerprint density at radius 2 is 2.00 bits per heavy atom. The van der Waals surface area contributed by atoms with E-state index in [1.165, 1.54) is 12.1 Å². The summed E-state index contributed by atoms with van der Waals surface area (Å²) in [5.74, 6) is 0.580. The second-order valence-corrected chi connectivity index (χ2v) is 5.54. The summed E-state index contributed by atoms with van der Waals surface area (Å²) in [5.41, 5.74) is 1.59. The third-order valence-electron chi connectivity index (χ3n) is 3.16. The standard InChI is InChI=1S/C14H12BrFN4O/c1-8-12(15)7-20(18-8)9(2)14-17-13(19-21-14)10-3-5-11(16)6-4-10/h3-7,9H,1-2H3. The third kappa shape index (κ3) is 2.73. The smallest absolute Gasteiger partial charge is 0.251 e. The molecule has 3 aromatic rings. The summed E-state index contributed by atoms with van der Waals surface area (Å²) >= 11 is 3.42. The van der Waals surface area contributed by atoms with E-state index in [0.717, 1.165) is 10.2 Å². The lowest BCUT2D eigenvalue weighted by atomic mass is 10.2. The van der Waals surface area contributed by atoms with Crippen molar-refractivity contribution < 1.29 is 8.91 Å². The van der Waals surface area contributed by atoms with Gasteiger partial charge in [-0.3, -0.25) is 4.68 Å². The minimum Gasteiger partial charge on any atom is -0.337 e. The summed E-state index contributed by atoms with van der Waals surface area (Å²) in [6, 6.07) is 5.77. The van der Waals surface area contributed by atoms with Crippen LogP contribution in [-0.4, -0.2) is 19.9 Å². The summed E-state index contributed by atoms with van der Waals surface area (Å²) < 4.78 is 20.9. The predicted octanol–water partition coefficient (Wildman–Crippen LogP) is 3.75. The van der Waals surface area contributed by atoms with Crippen LogP contribution in [-0.2, 0) is 0 Å². The average Bonchev–Trinajstić information content (AvgIpc) is 3.07. The van der Waals surface area contributed by atoms with Crippen molar-refractivity contribution in [1.29, 1.82) is 0 Å². The predicted molar refractivity (Wildman–Crippen MR) is 78.2 cm³/mol. The number of benzene rings is 1. The normalized spacial score (nSPS) is 12.6. The van der Waals surface area contributed by atoms with Crippen molar-refractivity contribution >= 4 is 15.9 Å². The molecule has 0 saturated carbocycles. The van der Waals surface area contributed by atoms with Gasteiger partial charge >= 0.3 is 0 Å². The molecule has 0 spiro atoms. The molecule has 7 heteroatoms. The van der Waals surface area contributed by atoms with E-state index in [2.05, 4.69) is 31.2 Å². The molecule has 108 valence electrons. The quantitative estimate of drug-likeness (QED) is 0.721. The van der Waals surface area contributed by atoms with Gasteiger partial charge in [0, 0.05) is 11.8 Å². The minimum absolute atomic E-state index is 0.184. The van der Waals surface area contributed by atoms with Crippen LogP contribution in [0.4, 0.5) is 4.39 Å². The van der Waals surface area contributed by atoms with Crippen molar-refractivity contribution in [3.05, 3.63) is 52.3 Å². The number of nitrogens with zero attached hydrogens (tertiary/aromatic N) is 4. The first-order valence-electron chi connectivity index (χ1n) is 6.35. The van der Waals surface area contributed by atoms with Gasteiger partial charge in [-0.1, -0.05) is 5.16 Å². The first-order chi connectivity index (χ1) is 10.0. The largest absolute Gasteiger partial charge is 0.337 e. The zero-order valence-corrected chi connectivity index (χ0v) is 13.0. The fraction of sp³-hybridized carbons (Fsp3) is 0.214. The van der Waals surface area contributed by atoms with Gasteiger partial charge in [0.05, 0.1) is 10.2 Å². The second kappa shape index (κ2) is 5.40. The van der Waals surface area contributed by atoms with Gasteiger partial charge in [0.15, 0.2) is 0 Å². The van der Waals surface area contributed by atoms with Gasteiger partial charge in [0.1, 0.15) is 11.9 Å². The Bertz CT molecular complexity index is 746. The molecule has 1 unspecified atom stereocenters. The van der Waals surface area contributed by atoms with Gasteiger partial charge in [0.25, 0.3) is 5.89 Å². The fourth-order valence-electron chi connectivity index (χ4n) is 1.89. The Labute approximate surface area is 128 Å². The number of aryl methyl sites for hydroxylation is 1. The minimum atomic E-state index is -0.298. The molecule has 0 saturated heterocycles. The van der Waals surface area contributed by atoms with Crippen LogP contribution < -0.4 is 0 Å². The van der Waals surface area contributed by atoms with Crippen LogP contribution in [0.3, 0.4) is 0 Å². The number of aromatic nitrogens is 4. The molecule has 2 heterocycles. The molecule has 5 nitrogen and oxygen atoms in total. The van der Waals surface area contributed by atoms with E-state index in [-0.39, 0.29) is 11.9 Å². The van der Waals surface area contributed by atoms with E-state index in [1.54, 1.807) is 16.8 Å². The SMILES string of the molecule is Cc1nn(C(C)c2nc(-c3ccc(F)cc3)no2)cc1Br. The van der Waals surface area contributed by atoms with Gasteiger partial charge in [-0.2, -0.15) is 10.1 Å². The Hall–Kier alpha value is -2.02. The highest BCUT2D eigenvalue weighted by Crippen LogP contribution is 2.23. The summed E-state index contributed by atoms with van der Waals surface area (Å²) in [6.07, 6.45) is 1.86. The first kappa shape index (κ1) is 13.9. The van der Waals surface area contributed by atoms with E-state index in [4.69, 9.17) is 4.52 Å². The van der Waals surface area contributed by atoms with Crippen LogP contribution in [0.5, 0.6) is 0 Å². The summed E-state index contributed by atoms with van der Waals surface area (Å²) in [7, 11) is 0. The molecule has 3 rings (SSSR count). The number of hydrogen-bond donors (Lipinski definition) is 0. The second-order valence-electron chi connectivity index (χ2n) is 4.68. The topological polar surface area (TPSA) is 56.7 Å². The van der Waals surface area contributed by atoms with E-state index in [1.807, 2.05) is 20.0 Å². The molecule has 1 aromatic carbocycles. The molecule has 0 bridgehead atoms. The van der Waals surface area contributed by atoms with Crippen molar-refractivity contribution in [1.82, 2.24) is 19.9 Å². The third-order valence-corrected chi connectivity index (χ3v) is 3.93. The van der Waals surface area contributed by atoms with Gasteiger partial charge < -0.3 is 4.52 Å². The Balaban J connectivity index is 1.89.